The van der Waals surface area contributed by atoms with E-state index in [1.54, 1.807) is 65.6 Å². The summed E-state index contributed by atoms with van der Waals surface area (Å²) in [6.07, 6.45) is 0.715. The molecule has 4 rings (SSSR count). The van der Waals surface area contributed by atoms with Gasteiger partial charge in [-0.05, 0) is 66.7 Å². The lowest BCUT2D eigenvalue weighted by Crippen LogP contribution is -2.23. The number of ether oxygens (including phenoxy) is 1. The molecule has 1 saturated heterocycles. The largest absolute Gasteiger partial charge is 0.463 e. The molecule has 1 aliphatic rings. The van der Waals surface area contributed by atoms with Gasteiger partial charge in [0.1, 0.15) is 6.61 Å². The van der Waals surface area contributed by atoms with Crippen molar-refractivity contribution < 1.29 is 27.3 Å². The van der Waals surface area contributed by atoms with Gasteiger partial charge in [0.05, 0.1) is 24.1 Å². The fourth-order valence-electron chi connectivity index (χ4n) is 3.20. The maximum atomic E-state index is 12.9. The molecule has 0 bridgehead atoms. The van der Waals surface area contributed by atoms with Gasteiger partial charge < -0.3 is 15.4 Å². The number of nitrogens with one attached hydrogen (secondary N) is 3. The van der Waals surface area contributed by atoms with Crippen molar-refractivity contribution >= 4 is 68.2 Å². The minimum Gasteiger partial charge on any atom is -0.463 e. The summed E-state index contributed by atoms with van der Waals surface area (Å²) in [5.41, 5.74) is 2.31. The number of anilines is 3. The van der Waals surface area contributed by atoms with Crippen molar-refractivity contribution in [3.05, 3.63) is 87.9 Å². The summed E-state index contributed by atoms with van der Waals surface area (Å²) in [6, 6.07) is 18.2. The maximum absolute atomic E-state index is 12.9. The Morgan fingerprint density at radius 2 is 1.54 bits per heavy atom. The van der Waals surface area contributed by atoms with Crippen molar-refractivity contribution in [1.82, 2.24) is 0 Å². The highest BCUT2D eigenvalue weighted by Crippen LogP contribution is 2.25. The SMILES string of the molecule is CS(=O)(=O)O.N=C1OCCN1c1ccc(NC(=O)c2ccc(Cl)cc2NC(=O)c2ccc(Cl)cc2)cc1. The van der Waals surface area contributed by atoms with E-state index in [-0.39, 0.29) is 17.3 Å². The van der Waals surface area contributed by atoms with Gasteiger partial charge in [0.2, 0.25) is 0 Å². The Balaban J connectivity index is 0.000000695. The van der Waals surface area contributed by atoms with Crippen LogP contribution in [0, 0.1) is 5.41 Å². The highest BCUT2D eigenvalue weighted by Gasteiger charge is 2.20. The minimum absolute atomic E-state index is 0.101. The maximum Gasteiger partial charge on any atom is 0.289 e. The fraction of sp³-hybridized carbons (Fsp3) is 0.125. The molecule has 3 aromatic rings. The molecule has 0 spiro atoms. The number of rotatable bonds is 5. The summed E-state index contributed by atoms with van der Waals surface area (Å²) in [4.78, 5) is 27.2. The van der Waals surface area contributed by atoms with E-state index in [0.717, 1.165) is 5.69 Å². The van der Waals surface area contributed by atoms with E-state index in [1.807, 2.05) is 0 Å². The molecule has 0 aliphatic carbocycles. The van der Waals surface area contributed by atoms with Crippen LogP contribution in [-0.2, 0) is 14.9 Å². The van der Waals surface area contributed by atoms with Gasteiger partial charge in [0, 0.05) is 27.0 Å². The lowest BCUT2D eigenvalue weighted by molar-refractivity contribution is 0.102. The van der Waals surface area contributed by atoms with Crippen LogP contribution in [0.5, 0.6) is 0 Å². The molecular weight excluding hydrogens is 543 g/mol. The second kappa shape index (κ2) is 12.1. The van der Waals surface area contributed by atoms with Crippen LogP contribution < -0.4 is 15.5 Å². The van der Waals surface area contributed by atoms with E-state index in [4.69, 9.17) is 37.9 Å². The van der Waals surface area contributed by atoms with Crippen molar-refractivity contribution in [2.45, 2.75) is 0 Å². The monoisotopic (exact) mass is 564 g/mol. The van der Waals surface area contributed by atoms with Gasteiger partial charge in [-0.3, -0.25) is 24.5 Å². The molecule has 37 heavy (non-hydrogen) atoms. The molecule has 0 radical (unpaired) electrons. The molecule has 0 saturated carbocycles. The molecule has 4 N–H and O–H groups in total. The molecule has 3 aromatic carbocycles. The third-order valence-electron chi connectivity index (χ3n) is 4.82. The summed E-state index contributed by atoms with van der Waals surface area (Å²) < 4.78 is 31.0. The third-order valence-corrected chi connectivity index (χ3v) is 5.30. The topological polar surface area (TPSA) is 149 Å². The van der Waals surface area contributed by atoms with Crippen LogP contribution in [0.15, 0.2) is 66.7 Å². The Bertz CT molecular complexity index is 1410. The lowest BCUT2D eigenvalue weighted by Gasteiger charge is -2.16. The molecule has 0 unspecified atom stereocenters. The summed E-state index contributed by atoms with van der Waals surface area (Å²) in [5.74, 6) is -0.796. The van der Waals surface area contributed by atoms with Gasteiger partial charge >= 0.3 is 0 Å². The normalized spacial score (nSPS) is 12.8. The molecule has 1 heterocycles. The van der Waals surface area contributed by atoms with Crippen molar-refractivity contribution in [2.75, 3.05) is 34.9 Å². The zero-order chi connectivity index (χ0) is 27.2. The molecule has 194 valence electrons. The molecular formula is C24H22Cl2N4O6S. The third kappa shape index (κ3) is 8.46. The molecule has 1 fully saturated rings. The highest BCUT2D eigenvalue weighted by atomic mass is 35.5. The predicted octanol–water partition coefficient (Wildman–Crippen LogP) is 4.77. The minimum atomic E-state index is -3.67. The van der Waals surface area contributed by atoms with E-state index >= 15 is 0 Å². The first-order chi connectivity index (χ1) is 17.4. The van der Waals surface area contributed by atoms with Crippen LogP contribution in [-0.4, -0.2) is 50.2 Å². The number of amidine groups is 1. The van der Waals surface area contributed by atoms with Gasteiger partial charge in [-0.15, -0.1) is 0 Å². The number of carbonyl (C=O) groups is 2. The van der Waals surface area contributed by atoms with Crippen LogP contribution >= 0.6 is 23.2 Å². The summed E-state index contributed by atoms with van der Waals surface area (Å²) in [6.45, 7) is 1.07. The lowest BCUT2D eigenvalue weighted by atomic mass is 10.1. The summed E-state index contributed by atoms with van der Waals surface area (Å²) in [5, 5.41) is 14.2. The average molecular weight is 565 g/mol. The Morgan fingerprint density at radius 3 is 2.11 bits per heavy atom. The predicted molar refractivity (Wildman–Crippen MR) is 144 cm³/mol. The van der Waals surface area contributed by atoms with Crippen LogP contribution in [0.1, 0.15) is 20.7 Å². The second-order valence-corrected chi connectivity index (χ2v) is 10.0. The number of halogens is 2. The number of benzene rings is 3. The van der Waals surface area contributed by atoms with Crippen LogP contribution in [0.3, 0.4) is 0 Å². The molecule has 0 aromatic heterocycles. The first kappa shape index (κ1) is 27.9. The van der Waals surface area contributed by atoms with Gasteiger partial charge in [0.15, 0.2) is 0 Å². The zero-order valence-electron chi connectivity index (χ0n) is 19.4. The second-order valence-electron chi connectivity index (χ2n) is 7.69. The van der Waals surface area contributed by atoms with Gasteiger partial charge in [-0.25, -0.2) is 0 Å². The van der Waals surface area contributed by atoms with Crippen LogP contribution in [0.4, 0.5) is 17.1 Å². The van der Waals surface area contributed by atoms with Crippen LogP contribution in [0.2, 0.25) is 10.0 Å². The van der Waals surface area contributed by atoms with E-state index in [9.17, 15) is 18.0 Å². The standard InChI is InChI=1S/C23H18Cl2N4O3.CH4O3S/c24-15-3-1-14(2-4-15)21(30)28-20-13-16(25)5-10-19(20)22(31)27-17-6-8-18(9-7-17)29-11-12-32-23(29)26;1-5(2,3)4/h1-10,13,26H,11-12H2,(H,27,31)(H,28,30);1H3,(H,2,3,4). The zero-order valence-corrected chi connectivity index (χ0v) is 21.7. The summed E-state index contributed by atoms with van der Waals surface area (Å²) in [7, 11) is -3.67. The van der Waals surface area contributed by atoms with E-state index < -0.39 is 21.9 Å². The first-order valence-electron chi connectivity index (χ1n) is 10.6. The Kier molecular flexibility index (Phi) is 9.11. The Hall–Kier alpha value is -3.64. The smallest absolute Gasteiger partial charge is 0.289 e. The molecule has 1 aliphatic heterocycles. The molecule has 2 amide bonds. The molecule has 13 heteroatoms. The van der Waals surface area contributed by atoms with E-state index in [0.29, 0.717) is 40.7 Å². The Morgan fingerprint density at radius 1 is 0.946 bits per heavy atom. The first-order valence-corrected chi connectivity index (χ1v) is 13.2. The number of carbonyl (C=O) groups excluding carboxylic acids is 2. The number of hydrogen-bond donors (Lipinski definition) is 4. The number of hydrogen-bond acceptors (Lipinski definition) is 6. The highest BCUT2D eigenvalue weighted by molar-refractivity contribution is 7.85. The van der Waals surface area contributed by atoms with Crippen molar-refractivity contribution in [3.8, 4) is 0 Å². The van der Waals surface area contributed by atoms with E-state index in [1.165, 1.54) is 6.07 Å². The summed E-state index contributed by atoms with van der Waals surface area (Å²) >= 11 is 12.0. The number of nitrogens with zero attached hydrogens (tertiary/aromatic N) is 1. The number of amides is 2. The Labute approximate surface area is 223 Å². The quantitative estimate of drug-likeness (QED) is 0.326. The van der Waals surface area contributed by atoms with Gasteiger partial charge in [0.25, 0.3) is 28.0 Å². The fourth-order valence-corrected chi connectivity index (χ4v) is 3.49. The van der Waals surface area contributed by atoms with Crippen molar-refractivity contribution in [1.29, 1.82) is 5.41 Å². The van der Waals surface area contributed by atoms with Gasteiger partial charge in [-0.2, -0.15) is 8.42 Å². The molecule has 10 nitrogen and oxygen atoms in total. The van der Waals surface area contributed by atoms with E-state index in [2.05, 4.69) is 10.6 Å². The van der Waals surface area contributed by atoms with Crippen molar-refractivity contribution in [3.63, 3.8) is 0 Å². The average Bonchev–Trinajstić information content (AvgIpc) is 3.24. The van der Waals surface area contributed by atoms with Crippen LogP contribution in [0.25, 0.3) is 0 Å². The molecule has 0 atom stereocenters. The van der Waals surface area contributed by atoms with Gasteiger partial charge in [-0.1, -0.05) is 23.2 Å². The van der Waals surface area contributed by atoms with Crippen molar-refractivity contribution in [2.24, 2.45) is 0 Å².